The number of anilines is 2. The summed E-state index contributed by atoms with van der Waals surface area (Å²) in [6.07, 6.45) is 4.64. The number of benzene rings is 1. The second kappa shape index (κ2) is 11.3. The van der Waals surface area contributed by atoms with Crippen LogP contribution in [0.5, 0.6) is 5.88 Å². The van der Waals surface area contributed by atoms with Crippen LogP contribution >= 0.6 is 11.3 Å². The number of nitrogens with one attached hydrogen (secondary N) is 2. The first kappa shape index (κ1) is 25.2. The molecular formula is C25H32N8O3S. The minimum Gasteiger partial charge on any atom is -0.391 e. The predicted octanol–water partition coefficient (Wildman–Crippen LogP) is 3.40. The molecule has 2 fully saturated rings. The van der Waals surface area contributed by atoms with E-state index in [0.717, 1.165) is 55.5 Å². The lowest BCUT2D eigenvalue weighted by molar-refractivity contribution is 0.180. The molecule has 3 amide bonds. The van der Waals surface area contributed by atoms with Crippen molar-refractivity contribution >= 4 is 44.8 Å². The number of likely N-dealkylation sites (tertiary alicyclic amines) is 1. The lowest BCUT2D eigenvalue weighted by Crippen LogP contribution is -2.50. The van der Waals surface area contributed by atoms with Gasteiger partial charge in [0.15, 0.2) is 5.13 Å². The molecule has 2 aliphatic heterocycles. The average Bonchev–Trinajstić information content (AvgIpc) is 3.32. The van der Waals surface area contributed by atoms with E-state index in [1.807, 2.05) is 29.2 Å². The lowest BCUT2D eigenvalue weighted by Gasteiger charge is -2.37. The van der Waals surface area contributed by atoms with E-state index in [-0.39, 0.29) is 24.0 Å². The molecule has 11 nitrogen and oxygen atoms in total. The van der Waals surface area contributed by atoms with Gasteiger partial charge in [-0.3, -0.25) is 5.32 Å². The van der Waals surface area contributed by atoms with E-state index in [1.54, 1.807) is 24.2 Å². The van der Waals surface area contributed by atoms with Crippen LogP contribution in [-0.2, 0) is 0 Å². The maximum Gasteiger partial charge on any atom is 0.414 e. The van der Waals surface area contributed by atoms with Crippen molar-refractivity contribution in [2.45, 2.75) is 37.8 Å². The highest BCUT2D eigenvalue weighted by molar-refractivity contribution is 7.22. The highest BCUT2D eigenvalue weighted by Gasteiger charge is 2.28. The van der Waals surface area contributed by atoms with Gasteiger partial charge < -0.3 is 24.8 Å². The zero-order chi connectivity index (χ0) is 25.8. The quantitative estimate of drug-likeness (QED) is 0.522. The van der Waals surface area contributed by atoms with Crippen LogP contribution in [0.2, 0.25) is 0 Å². The summed E-state index contributed by atoms with van der Waals surface area (Å²) in [5, 5.41) is 6.44. The summed E-state index contributed by atoms with van der Waals surface area (Å²) >= 11 is 1.46. The first-order chi connectivity index (χ1) is 17.9. The Bertz CT molecular complexity index is 1210. The van der Waals surface area contributed by atoms with Crippen LogP contribution < -0.4 is 20.3 Å². The minimum absolute atomic E-state index is 0.0240. The van der Waals surface area contributed by atoms with Crippen molar-refractivity contribution in [2.75, 3.05) is 50.5 Å². The number of aromatic nitrogens is 3. The van der Waals surface area contributed by atoms with Crippen LogP contribution in [-0.4, -0.2) is 89.2 Å². The SMILES string of the molecule is CN1CCC(NC(=O)Oc2ccnc(N3CCC[C@@H](N(C)C(=O)Nc4nc5ccccc5s4)C3)n2)CC1. The van der Waals surface area contributed by atoms with Crippen molar-refractivity contribution < 1.29 is 14.3 Å². The molecule has 2 N–H and O–H groups in total. The third-order valence-corrected chi connectivity index (χ3v) is 7.86. The van der Waals surface area contributed by atoms with Crippen molar-refractivity contribution in [3.05, 3.63) is 36.5 Å². The number of hydrogen-bond donors (Lipinski definition) is 2. The third kappa shape index (κ3) is 6.25. The molecule has 1 atom stereocenters. The number of fused-ring (bicyclic) bond motifs is 1. The molecule has 0 aliphatic carbocycles. The topological polar surface area (TPSA) is 116 Å². The molecule has 5 rings (SSSR count). The molecular weight excluding hydrogens is 492 g/mol. The van der Waals surface area contributed by atoms with E-state index in [1.165, 1.54) is 11.3 Å². The molecule has 37 heavy (non-hydrogen) atoms. The summed E-state index contributed by atoms with van der Waals surface area (Å²) in [6, 6.07) is 9.27. The molecule has 0 saturated carbocycles. The number of rotatable bonds is 5. The zero-order valence-electron chi connectivity index (χ0n) is 21.1. The molecule has 0 unspecified atom stereocenters. The van der Waals surface area contributed by atoms with Gasteiger partial charge in [-0.25, -0.2) is 19.6 Å². The largest absolute Gasteiger partial charge is 0.414 e. The van der Waals surface area contributed by atoms with Crippen LogP contribution in [0, 0.1) is 0 Å². The van der Waals surface area contributed by atoms with Crippen molar-refractivity contribution in [3.63, 3.8) is 0 Å². The van der Waals surface area contributed by atoms with Gasteiger partial charge in [-0.15, -0.1) is 0 Å². The molecule has 196 valence electrons. The van der Waals surface area contributed by atoms with Crippen LogP contribution in [0.3, 0.4) is 0 Å². The number of carbonyl (C=O) groups excluding carboxylic acids is 2. The fraction of sp³-hybridized carbons (Fsp3) is 0.480. The lowest BCUT2D eigenvalue weighted by atomic mass is 10.1. The Morgan fingerprint density at radius 1 is 1.11 bits per heavy atom. The van der Waals surface area contributed by atoms with E-state index < -0.39 is 6.09 Å². The Morgan fingerprint density at radius 2 is 1.92 bits per heavy atom. The predicted molar refractivity (Wildman–Crippen MR) is 143 cm³/mol. The monoisotopic (exact) mass is 524 g/mol. The molecule has 1 aromatic carbocycles. The summed E-state index contributed by atoms with van der Waals surface area (Å²) in [5.41, 5.74) is 0.869. The van der Waals surface area contributed by atoms with E-state index in [0.29, 0.717) is 17.6 Å². The first-order valence-corrected chi connectivity index (χ1v) is 13.4. The number of amides is 3. The minimum atomic E-state index is -0.498. The Hall–Kier alpha value is -3.51. The van der Waals surface area contributed by atoms with Gasteiger partial charge >= 0.3 is 12.1 Å². The summed E-state index contributed by atoms with van der Waals surface area (Å²) in [7, 11) is 3.87. The summed E-state index contributed by atoms with van der Waals surface area (Å²) in [4.78, 5) is 44.7. The summed E-state index contributed by atoms with van der Waals surface area (Å²) in [6.45, 7) is 3.24. The molecule has 3 aromatic rings. The van der Waals surface area contributed by atoms with Gasteiger partial charge in [0.1, 0.15) is 0 Å². The van der Waals surface area contributed by atoms with Crippen LogP contribution in [0.15, 0.2) is 36.5 Å². The van der Waals surface area contributed by atoms with Gasteiger partial charge in [-0.1, -0.05) is 23.5 Å². The number of para-hydroxylation sites is 1. The zero-order valence-corrected chi connectivity index (χ0v) is 21.9. The van der Waals surface area contributed by atoms with Gasteiger partial charge in [-0.05, 0) is 58.0 Å². The van der Waals surface area contributed by atoms with Crippen molar-refractivity contribution in [3.8, 4) is 5.88 Å². The van der Waals surface area contributed by atoms with Crippen molar-refractivity contribution in [1.29, 1.82) is 0 Å². The summed E-state index contributed by atoms with van der Waals surface area (Å²) in [5.74, 6) is 0.689. The number of piperidine rings is 2. The van der Waals surface area contributed by atoms with Gasteiger partial charge in [0.25, 0.3) is 0 Å². The maximum atomic E-state index is 13.0. The van der Waals surface area contributed by atoms with Gasteiger partial charge in [-0.2, -0.15) is 4.98 Å². The van der Waals surface area contributed by atoms with Crippen molar-refractivity contribution in [2.24, 2.45) is 0 Å². The molecule has 2 saturated heterocycles. The molecule has 0 radical (unpaired) electrons. The van der Waals surface area contributed by atoms with Gasteiger partial charge in [0.2, 0.25) is 11.8 Å². The second-order valence-electron chi connectivity index (χ2n) is 9.58. The Morgan fingerprint density at radius 3 is 2.73 bits per heavy atom. The standard InChI is InChI=1S/C25H32N8O3S/c1-31-14-10-17(11-15-31)27-25(35)36-21-9-12-26-22(29-21)33-13-5-6-18(16-33)32(2)24(34)30-23-28-19-7-3-4-8-20(19)37-23/h3-4,7-9,12,17-18H,5-6,10-11,13-16H2,1-2H3,(H,27,35)(H,28,30,34)/t18-/m1/s1. The number of thiazole rings is 1. The molecule has 0 bridgehead atoms. The van der Waals surface area contributed by atoms with E-state index >= 15 is 0 Å². The van der Waals surface area contributed by atoms with Crippen LogP contribution in [0.4, 0.5) is 20.7 Å². The second-order valence-corrected chi connectivity index (χ2v) is 10.6. The number of likely N-dealkylation sites (N-methyl/N-ethyl adjacent to an activating group) is 1. The van der Waals surface area contributed by atoms with Crippen LogP contribution in [0.1, 0.15) is 25.7 Å². The number of ether oxygens (including phenoxy) is 1. The fourth-order valence-corrected chi connectivity index (χ4v) is 5.56. The fourth-order valence-electron chi connectivity index (χ4n) is 4.71. The molecule has 0 spiro atoms. The van der Waals surface area contributed by atoms with Crippen LogP contribution in [0.25, 0.3) is 10.2 Å². The third-order valence-electron chi connectivity index (χ3n) is 6.91. The Labute approximate surface area is 219 Å². The van der Waals surface area contributed by atoms with E-state index in [9.17, 15) is 9.59 Å². The summed E-state index contributed by atoms with van der Waals surface area (Å²) < 4.78 is 6.49. The van der Waals surface area contributed by atoms with E-state index in [2.05, 4.69) is 37.5 Å². The number of hydrogen-bond acceptors (Lipinski definition) is 9. The highest BCUT2D eigenvalue weighted by Crippen LogP contribution is 2.26. The van der Waals surface area contributed by atoms with Crippen molar-refractivity contribution in [1.82, 2.24) is 30.1 Å². The first-order valence-electron chi connectivity index (χ1n) is 12.6. The molecule has 2 aliphatic rings. The van der Waals surface area contributed by atoms with Gasteiger partial charge in [0.05, 0.1) is 16.3 Å². The number of carbonyl (C=O) groups is 2. The molecule has 12 heteroatoms. The van der Waals surface area contributed by atoms with Gasteiger partial charge in [0, 0.05) is 38.4 Å². The maximum absolute atomic E-state index is 13.0. The number of nitrogens with zero attached hydrogens (tertiary/aromatic N) is 6. The smallest absolute Gasteiger partial charge is 0.391 e. The number of urea groups is 1. The van der Waals surface area contributed by atoms with E-state index in [4.69, 9.17) is 4.74 Å². The molecule has 2 aromatic heterocycles. The Kier molecular flexibility index (Phi) is 7.65. The Balaban J connectivity index is 1.17. The normalized spacial score (nSPS) is 19.0. The molecule has 4 heterocycles. The average molecular weight is 525 g/mol. The highest BCUT2D eigenvalue weighted by atomic mass is 32.1.